The molecule has 138 valence electrons. The second-order valence-corrected chi connectivity index (χ2v) is 6.79. The summed E-state index contributed by atoms with van der Waals surface area (Å²) in [6.45, 7) is 3.37. The number of carbonyl (C=O) groups is 1. The number of hydrogen-bond donors (Lipinski definition) is 0. The van der Waals surface area contributed by atoms with Crippen LogP contribution in [-0.2, 0) is 4.79 Å². The zero-order valence-electron chi connectivity index (χ0n) is 15.6. The number of ether oxygens (including phenoxy) is 1. The third kappa shape index (κ3) is 4.12. The van der Waals surface area contributed by atoms with Crippen LogP contribution in [0.5, 0.6) is 5.88 Å². The van der Waals surface area contributed by atoms with Gasteiger partial charge in [0, 0.05) is 27.1 Å². The Morgan fingerprint density at radius 3 is 2.77 bits per heavy atom. The van der Waals surface area contributed by atoms with E-state index in [2.05, 4.69) is 16.9 Å². The van der Waals surface area contributed by atoms with Gasteiger partial charge < -0.3 is 14.5 Å². The lowest BCUT2D eigenvalue weighted by molar-refractivity contribution is -0.132. The number of carbonyl (C=O) groups excluding carboxylic acids is 1. The van der Waals surface area contributed by atoms with Crippen molar-refractivity contribution in [3.05, 3.63) is 48.3 Å². The molecule has 1 aliphatic rings. The number of nitrogens with zero attached hydrogens (tertiary/aromatic N) is 4. The van der Waals surface area contributed by atoms with Gasteiger partial charge in [0.1, 0.15) is 6.10 Å². The van der Waals surface area contributed by atoms with Crippen LogP contribution in [0.4, 0.5) is 5.82 Å². The summed E-state index contributed by atoms with van der Waals surface area (Å²) in [5.74, 6) is 1.35. The van der Waals surface area contributed by atoms with Crippen molar-refractivity contribution in [2.45, 2.75) is 31.8 Å². The number of aromatic nitrogens is 2. The lowest BCUT2D eigenvalue weighted by Crippen LogP contribution is -2.34. The molecule has 0 spiro atoms. The first-order chi connectivity index (χ1) is 12.6. The largest absolute Gasteiger partial charge is 0.471 e. The number of anilines is 1. The number of amides is 1. The third-order valence-corrected chi connectivity index (χ3v) is 4.71. The van der Waals surface area contributed by atoms with Gasteiger partial charge in [-0.1, -0.05) is 37.3 Å². The first-order valence-corrected chi connectivity index (χ1v) is 9.08. The first-order valence-electron chi connectivity index (χ1n) is 9.08. The van der Waals surface area contributed by atoms with Gasteiger partial charge in [0.15, 0.2) is 5.82 Å². The summed E-state index contributed by atoms with van der Waals surface area (Å²) >= 11 is 0. The Balaban J connectivity index is 1.63. The minimum Gasteiger partial charge on any atom is -0.471 e. The Morgan fingerprint density at radius 1 is 1.31 bits per heavy atom. The predicted molar refractivity (Wildman–Crippen MR) is 101 cm³/mol. The Labute approximate surface area is 154 Å². The van der Waals surface area contributed by atoms with Gasteiger partial charge in [-0.25, -0.2) is 0 Å². The van der Waals surface area contributed by atoms with Crippen LogP contribution in [0.25, 0.3) is 0 Å². The van der Waals surface area contributed by atoms with Crippen LogP contribution < -0.4 is 9.64 Å². The molecular weight excluding hydrogens is 328 g/mol. The van der Waals surface area contributed by atoms with Crippen LogP contribution in [0.3, 0.4) is 0 Å². The van der Waals surface area contributed by atoms with E-state index in [1.165, 1.54) is 0 Å². The maximum Gasteiger partial charge on any atom is 0.234 e. The normalized spacial score (nSPS) is 17.8. The molecule has 0 bridgehead atoms. The van der Waals surface area contributed by atoms with Crippen LogP contribution in [0.1, 0.15) is 31.2 Å². The molecule has 1 fully saturated rings. The molecule has 1 amide bonds. The van der Waals surface area contributed by atoms with E-state index in [9.17, 15) is 4.79 Å². The zero-order chi connectivity index (χ0) is 18.5. The second kappa shape index (κ2) is 8.17. The quantitative estimate of drug-likeness (QED) is 0.798. The molecule has 6 nitrogen and oxygen atoms in total. The van der Waals surface area contributed by atoms with E-state index in [4.69, 9.17) is 4.74 Å². The van der Waals surface area contributed by atoms with Gasteiger partial charge in [-0.3, -0.25) is 9.78 Å². The van der Waals surface area contributed by atoms with Crippen molar-refractivity contribution in [1.82, 2.24) is 14.9 Å². The molecular formula is C20H26N4O2. The van der Waals surface area contributed by atoms with Crippen molar-refractivity contribution in [3.63, 3.8) is 0 Å². The maximum absolute atomic E-state index is 13.0. The SMILES string of the molecule is CCC(C(=O)N1CCC(Oc2cncc(N(C)C)n2)C1)c1ccccc1. The molecule has 0 saturated carbocycles. The molecule has 1 aromatic heterocycles. The summed E-state index contributed by atoms with van der Waals surface area (Å²) in [5.41, 5.74) is 1.08. The molecule has 2 unspecified atom stereocenters. The van der Waals surface area contributed by atoms with Crippen LogP contribution in [0, 0.1) is 0 Å². The van der Waals surface area contributed by atoms with E-state index in [1.807, 2.05) is 54.2 Å². The fraction of sp³-hybridized carbons (Fsp3) is 0.450. The summed E-state index contributed by atoms with van der Waals surface area (Å²) in [4.78, 5) is 25.4. The standard InChI is InChI=1S/C20H26N4O2/c1-4-17(15-8-6-5-7-9-15)20(25)24-11-10-16(14-24)26-19-13-21-12-18(22-19)23(2)3/h5-9,12-13,16-17H,4,10-11,14H2,1-3H3. The molecule has 0 N–H and O–H groups in total. The molecule has 1 saturated heterocycles. The van der Waals surface area contributed by atoms with E-state index in [0.717, 1.165) is 24.2 Å². The molecule has 2 aromatic rings. The third-order valence-electron chi connectivity index (χ3n) is 4.71. The van der Waals surface area contributed by atoms with Crippen LogP contribution in [0.15, 0.2) is 42.7 Å². The van der Waals surface area contributed by atoms with Crippen molar-refractivity contribution in [2.24, 2.45) is 0 Å². The molecule has 2 heterocycles. The van der Waals surface area contributed by atoms with Crippen LogP contribution in [-0.4, -0.2) is 54.1 Å². The number of rotatable bonds is 6. The number of benzene rings is 1. The topological polar surface area (TPSA) is 58.6 Å². The summed E-state index contributed by atoms with van der Waals surface area (Å²) in [5, 5.41) is 0. The molecule has 1 aliphatic heterocycles. The summed E-state index contributed by atoms with van der Waals surface area (Å²) in [7, 11) is 3.83. The monoisotopic (exact) mass is 354 g/mol. The highest BCUT2D eigenvalue weighted by Crippen LogP contribution is 2.25. The minimum atomic E-state index is -0.0909. The Bertz CT molecular complexity index is 736. The van der Waals surface area contributed by atoms with Crippen molar-refractivity contribution < 1.29 is 9.53 Å². The van der Waals surface area contributed by atoms with E-state index >= 15 is 0 Å². The van der Waals surface area contributed by atoms with Crippen LogP contribution >= 0.6 is 0 Å². The fourth-order valence-electron chi connectivity index (χ4n) is 3.26. The highest BCUT2D eigenvalue weighted by Gasteiger charge is 2.32. The first kappa shape index (κ1) is 18.2. The molecule has 26 heavy (non-hydrogen) atoms. The minimum absolute atomic E-state index is 0.0426. The molecule has 3 rings (SSSR count). The Morgan fingerprint density at radius 2 is 2.08 bits per heavy atom. The fourth-order valence-corrected chi connectivity index (χ4v) is 3.26. The highest BCUT2D eigenvalue weighted by atomic mass is 16.5. The maximum atomic E-state index is 13.0. The van der Waals surface area contributed by atoms with E-state index in [1.54, 1.807) is 12.4 Å². The average molecular weight is 354 g/mol. The molecule has 0 radical (unpaired) electrons. The van der Waals surface area contributed by atoms with Crippen molar-refractivity contribution >= 4 is 11.7 Å². The van der Waals surface area contributed by atoms with Crippen molar-refractivity contribution in [1.29, 1.82) is 0 Å². The average Bonchev–Trinajstić information content (AvgIpc) is 3.12. The molecule has 2 atom stereocenters. The Kier molecular flexibility index (Phi) is 5.71. The highest BCUT2D eigenvalue weighted by molar-refractivity contribution is 5.84. The Hall–Kier alpha value is -2.63. The van der Waals surface area contributed by atoms with Gasteiger partial charge in [0.25, 0.3) is 0 Å². The number of hydrogen-bond acceptors (Lipinski definition) is 5. The predicted octanol–water partition coefficient (Wildman–Crippen LogP) is 2.72. The van der Waals surface area contributed by atoms with Gasteiger partial charge in [0.2, 0.25) is 11.8 Å². The van der Waals surface area contributed by atoms with E-state index in [0.29, 0.717) is 19.0 Å². The lowest BCUT2D eigenvalue weighted by atomic mass is 9.95. The molecule has 0 aliphatic carbocycles. The number of likely N-dealkylation sites (tertiary alicyclic amines) is 1. The van der Waals surface area contributed by atoms with Gasteiger partial charge >= 0.3 is 0 Å². The second-order valence-electron chi connectivity index (χ2n) is 6.79. The summed E-state index contributed by atoms with van der Waals surface area (Å²) < 4.78 is 5.97. The van der Waals surface area contributed by atoms with Gasteiger partial charge in [-0.2, -0.15) is 4.98 Å². The molecule has 6 heteroatoms. The van der Waals surface area contributed by atoms with Crippen LogP contribution in [0.2, 0.25) is 0 Å². The zero-order valence-corrected chi connectivity index (χ0v) is 15.6. The van der Waals surface area contributed by atoms with Gasteiger partial charge in [-0.05, 0) is 12.0 Å². The van der Waals surface area contributed by atoms with Crippen molar-refractivity contribution in [3.8, 4) is 5.88 Å². The van der Waals surface area contributed by atoms with Crippen molar-refractivity contribution in [2.75, 3.05) is 32.1 Å². The van der Waals surface area contributed by atoms with E-state index < -0.39 is 0 Å². The lowest BCUT2D eigenvalue weighted by Gasteiger charge is -2.23. The van der Waals surface area contributed by atoms with Gasteiger partial charge in [0.05, 0.1) is 24.9 Å². The molecule has 1 aromatic carbocycles. The van der Waals surface area contributed by atoms with Gasteiger partial charge in [-0.15, -0.1) is 0 Å². The smallest absolute Gasteiger partial charge is 0.234 e. The summed E-state index contributed by atoms with van der Waals surface area (Å²) in [6.07, 6.45) is 4.88. The summed E-state index contributed by atoms with van der Waals surface area (Å²) in [6, 6.07) is 10.00. The van der Waals surface area contributed by atoms with E-state index in [-0.39, 0.29) is 17.9 Å².